The predicted octanol–water partition coefficient (Wildman–Crippen LogP) is 6.17. The van der Waals surface area contributed by atoms with Gasteiger partial charge >= 0.3 is 0 Å². The Hall–Kier alpha value is -1.50. The van der Waals surface area contributed by atoms with E-state index in [0.29, 0.717) is 0 Å². The maximum absolute atomic E-state index is 5.61. The van der Waals surface area contributed by atoms with Crippen LogP contribution in [0.4, 0.5) is 0 Å². The topological polar surface area (TPSA) is 9.23 Å². The third-order valence-electron chi connectivity index (χ3n) is 2.84. The van der Waals surface area contributed by atoms with Gasteiger partial charge < -0.3 is 4.74 Å². The fourth-order valence-electron chi connectivity index (χ4n) is 1.71. The largest absolute Gasteiger partial charge is 0.494 e. The normalized spacial score (nSPS) is 9.25. The molecule has 1 heteroatoms. The van der Waals surface area contributed by atoms with E-state index in [2.05, 4.69) is 20.1 Å². The first-order valence-corrected chi connectivity index (χ1v) is 7.74. The average molecular weight is 274 g/mol. The van der Waals surface area contributed by atoms with Crippen molar-refractivity contribution in [2.75, 3.05) is 6.61 Å². The van der Waals surface area contributed by atoms with Crippen LogP contribution in [0.25, 0.3) is 0 Å². The zero-order valence-corrected chi connectivity index (χ0v) is 13.0. The molecule has 0 unspecified atom stereocenters. The van der Waals surface area contributed by atoms with Gasteiger partial charge in [-0.25, -0.2) is 0 Å². The zero-order chi connectivity index (χ0) is 14.9. The molecule has 1 rings (SSSR count). The maximum Gasteiger partial charge on any atom is 0.119 e. The lowest BCUT2D eigenvalue weighted by Crippen LogP contribution is -1.96. The summed E-state index contributed by atoms with van der Waals surface area (Å²) in [5.74, 6) is 0.992. The molecule has 20 heavy (non-hydrogen) atoms. The van der Waals surface area contributed by atoms with Gasteiger partial charge in [0.15, 0.2) is 0 Å². The summed E-state index contributed by atoms with van der Waals surface area (Å²) in [5, 5.41) is 0. The summed E-state index contributed by atoms with van der Waals surface area (Å²) in [6.07, 6.45) is 12.4. The molecule has 0 N–H and O–H groups in total. The number of benzene rings is 1. The molecule has 0 saturated carbocycles. The second kappa shape index (κ2) is 15.6. The highest BCUT2D eigenvalue weighted by Gasteiger charge is 1.92. The van der Waals surface area contributed by atoms with Crippen molar-refractivity contribution in [2.45, 2.75) is 51.9 Å². The van der Waals surface area contributed by atoms with Gasteiger partial charge in [-0.1, -0.05) is 69.4 Å². The van der Waals surface area contributed by atoms with E-state index in [9.17, 15) is 0 Å². The van der Waals surface area contributed by atoms with Gasteiger partial charge in [-0.2, -0.15) is 0 Å². The lowest BCUT2D eigenvalue weighted by Gasteiger charge is -2.05. The molecule has 0 aliphatic carbocycles. The second-order valence-electron chi connectivity index (χ2n) is 4.74. The molecule has 0 heterocycles. The average Bonchev–Trinajstić information content (AvgIpc) is 2.49. The van der Waals surface area contributed by atoms with Gasteiger partial charge in [0, 0.05) is 0 Å². The van der Waals surface area contributed by atoms with E-state index in [1.165, 1.54) is 38.5 Å². The summed E-state index contributed by atoms with van der Waals surface area (Å²) in [6, 6.07) is 10.1. The Kier molecular flexibility index (Phi) is 14.4. The minimum atomic E-state index is 0.857. The third-order valence-corrected chi connectivity index (χ3v) is 2.84. The highest BCUT2D eigenvalue weighted by Crippen LogP contribution is 2.10. The van der Waals surface area contributed by atoms with E-state index in [4.69, 9.17) is 4.74 Å². The van der Waals surface area contributed by atoms with Crippen molar-refractivity contribution in [1.82, 2.24) is 0 Å². The molecule has 0 fully saturated rings. The van der Waals surface area contributed by atoms with Gasteiger partial charge in [0.1, 0.15) is 5.75 Å². The van der Waals surface area contributed by atoms with Gasteiger partial charge in [-0.05, 0) is 25.0 Å². The molecule has 1 nitrogen and oxygen atoms in total. The van der Waals surface area contributed by atoms with Crippen LogP contribution in [0.15, 0.2) is 55.6 Å². The number of para-hydroxylation sites is 1. The SMILES string of the molecule is C=CCC=C.CCCCCCCCOc1ccccc1. The first-order valence-electron chi connectivity index (χ1n) is 7.74. The summed E-state index contributed by atoms with van der Waals surface area (Å²) in [4.78, 5) is 0. The van der Waals surface area contributed by atoms with Crippen LogP contribution >= 0.6 is 0 Å². The van der Waals surface area contributed by atoms with Crippen LogP contribution < -0.4 is 4.74 Å². The molecule has 0 saturated heterocycles. The Morgan fingerprint density at radius 1 is 0.900 bits per heavy atom. The summed E-state index contributed by atoms with van der Waals surface area (Å²) in [7, 11) is 0. The van der Waals surface area contributed by atoms with Gasteiger partial charge in [0.25, 0.3) is 0 Å². The Morgan fingerprint density at radius 3 is 2.05 bits per heavy atom. The van der Waals surface area contributed by atoms with E-state index in [1.807, 2.05) is 42.5 Å². The van der Waals surface area contributed by atoms with E-state index < -0.39 is 0 Å². The highest BCUT2D eigenvalue weighted by molar-refractivity contribution is 5.20. The number of hydrogen-bond acceptors (Lipinski definition) is 1. The molecular formula is C19H30O. The van der Waals surface area contributed by atoms with Gasteiger partial charge in [-0.15, -0.1) is 13.2 Å². The Labute approximate surface area is 125 Å². The van der Waals surface area contributed by atoms with E-state index >= 15 is 0 Å². The van der Waals surface area contributed by atoms with Crippen LogP contribution in [0.1, 0.15) is 51.9 Å². The molecule has 0 spiro atoms. The molecule has 0 aliphatic rings. The van der Waals surface area contributed by atoms with E-state index in [1.54, 1.807) is 0 Å². The fourth-order valence-corrected chi connectivity index (χ4v) is 1.71. The number of allylic oxidation sites excluding steroid dienone is 2. The minimum absolute atomic E-state index is 0.857. The molecule has 0 aliphatic heterocycles. The summed E-state index contributed by atoms with van der Waals surface area (Å²) >= 11 is 0. The van der Waals surface area contributed by atoms with E-state index in [0.717, 1.165) is 18.8 Å². The van der Waals surface area contributed by atoms with Gasteiger partial charge in [0.2, 0.25) is 0 Å². The van der Waals surface area contributed by atoms with Crippen molar-refractivity contribution in [3.05, 3.63) is 55.6 Å². The maximum atomic E-state index is 5.61. The van der Waals surface area contributed by atoms with E-state index in [-0.39, 0.29) is 0 Å². The van der Waals surface area contributed by atoms with Crippen molar-refractivity contribution >= 4 is 0 Å². The molecule has 1 aromatic rings. The van der Waals surface area contributed by atoms with Crippen molar-refractivity contribution in [3.8, 4) is 5.75 Å². The molecule has 0 aromatic heterocycles. The van der Waals surface area contributed by atoms with Crippen LogP contribution in [0, 0.1) is 0 Å². The first kappa shape index (κ1) is 18.5. The van der Waals surface area contributed by atoms with Crippen molar-refractivity contribution in [1.29, 1.82) is 0 Å². The number of rotatable bonds is 10. The molecule has 0 atom stereocenters. The van der Waals surface area contributed by atoms with Crippen LogP contribution in [-0.2, 0) is 0 Å². The Morgan fingerprint density at radius 2 is 1.50 bits per heavy atom. The summed E-state index contributed by atoms with van der Waals surface area (Å²) in [6.45, 7) is 10.1. The predicted molar refractivity (Wildman–Crippen MR) is 90.3 cm³/mol. The molecular weight excluding hydrogens is 244 g/mol. The third kappa shape index (κ3) is 12.9. The Balaban J connectivity index is 0.000000621. The summed E-state index contributed by atoms with van der Waals surface area (Å²) in [5.41, 5.74) is 0. The van der Waals surface area contributed by atoms with Crippen molar-refractivity contribution in [2.24, 2.45) is 0 Å². The molecule has 0 bridgehead atoms. The van der Waals surface area contributed by atoms with Gasteiger partial charge in [-0.3, -0.25) is 0 Å². The van der Waals surface area contributed by atoms with Crippen molar-refractivity contribution < 1.29 is 4.74 Å². The monoisotopic (exact) mass is 274 g/mol. The molecule has 112 valence electrons. The van der Waals surface area contributed by atoms with Gasteiger partial charge in [0.05, 0.1) is 6.61 Å². The lowest BCUT2D eigenvalue weighted by molar-refractivity contribution is 0.304. The number of hydrogen-bond donors (Lipinski definition) is 0. The standard InChI is InChI=1S/C14H22O.C5H8/c1-2-3-4-5-6-10-13-15-14-11-8-7-9-12-14;1-3-5-4-2/h7-9,11-12H,2-6,10,13H2,1H3;3-4H,1-2,5H2. The number of unbranched alkanes of at least 4 members (excludes halogenated alkanes) is 5. The van der Waals surface area contributed by atoms with Crippen LogP contribution in [0.3, 0.4) is 0 Å². The molecule has 0 amide bonds. The lowest BCUT2D eigenvalue weighted by atomic mass is 10.1. The second-order valence-corrected chi connectivity index (χ2v) is 4.74. The smallest absolute Gasteiger partial charge is 0.119 e. The fraction of sp³-hybridized carbons (Fsp3) is 0.474. The number of ether oxygens (including phenoxy) is 1. The Bertz CT molecular complexity index is 310. The summed E-state index contributed by atoms with van der Waals surface area (Å²) < 4.78 is 5.61. The minimum Gasteiger partial charge on any atom is -0.494 e. The highest BCUT2D eigenvalue weighted by atomic mass is 16.5. The molecule has 1 aromatic carbocycles. The van der Waals surface area contributed by atoms with Crippen LogP contribution in [-0.4, -0.2) is 6.61 Å². The first-order chi connectivity index (χ1) is 9.85. The zero-order valence-electron chi connectivity index (χ0n) is 13.0. The quantitative estimate of drug-likeness (QED) is 0.366. The van der Waals surface area contributed by atoms with Crippen LogP contribution in [0.2, 0.25) is 0 Å². The van der Waals surface area contributed by atoms with Crippen molar-refractivity contribution in [3.63, 3.8) is 0 Å². The van der Waals surface area contributed by atoms with Crippen LogP contribution in [0.5, 0.6) is 5.75 Å². The molecule has 0 radical (unpaired) electrons.